The molecule has 3 amide bonds. The molecule has 27 atom stereocenters. The van der Waals surface area contributed by atoms with E-state index in [1.807, 2.05) is 6.08 Å². The van der Waals surface area contributed by atoms with E-state index < -0.39 is 217 Å². The van der Waals surface area contributed by atoms with Gasteiger partial charge in [-0.05, 0) is 44.9 Å². The fourth-order valence-corrected chi connectivity index (χ4v) is 14.7. The molecule has 18 N–H and O–H groups in total. The van der Waals surface area contributed by atoms with E-state index in [1.165, 1.54) is 148 Å². The van der Waals surface area contributed by atoms with Crippen LogP contribution in [0.4, 0.5) is 0 Å². The molecule has 0 spiro atoms. The molecule has 0 aromatic rings. The summed E-state index contributed by atoms with van der Waals surface area (Å²) in [5.74, 6) is -1.87. The van der Waals surface area contributed by atoms with E-state index in [2.05, 4.69) is 41.9 Å². The van der Waals surface area contributed by atoms with Crippen LogP contribution in [0.15, 0.2) is 24.3 Å². The van der Waals surface area contributed by atoms with Crippen LogP contribution in [0.2, 0.25) is 0 Å². The second-order valence-corrected chi connectivity index (χ2v) is 30.3. The standard InChI is InChI=1S/C78H141N3O28/c1-5-7-9-11-13-15-17-19-20-21-22-23-24-25-26-27-28-30-32-34-36-38-40-42-58(90)81-51(52(89)41-39-37-35-33-31-29-18-16-14-12-10-8-6-2)48-100-76-67(97)65(95)70(56(46-85)104-76)106-77-68(98)66(96)71(57(47-86)105-77)107-78-69(99)73(63(93)55(45-84)103-78)109-75-60(80-50(4)88)72(62(92)54(44-83)102-75)108-74-59(79-49(3)87)64(94)61(91)53(43-82)101-74/h19-20,39,41,51-57,59-78,82-86,89,91-99H,5-18,21-38,40,42-48H2,1-4H3,(H,79,87)(H,80,88)(H,81,90)/b20-19-,41-39+/t51-,52+,53?,54?,55?,56?,57?,59?,60?,61-,62-,63-,64+,65+,66+,67?,68?,69?,70+,71-,72+,73-,74+,75-,76+,77-,78-/m0/s1. The largest absolute Gasteiger partial charge is 0.394 e. The molecule has 636 valence electrons. The van der Waals surface area contributed by atoms with E-state index in [1.54, 1.807) is 6.08 Å². The molecule has 0 saturated carbocycles. The number of ether oxygens (including phenoxy) is 10. The third kappa shape index (κ3) is 32.8. The molecule has 0 aromatic heterocycles. The quantitative estimate of drug-likeness (QED) is 0.0307. The van der Waals surface area contributed by atoms with Crippen molar-refractivity contribution in [2.75, 3.05) is 39.6 Å². The molecule has 5 aliphatic rings. The average molecular weight is 1570 g/mol. The lowest BCUT2D eigenvalue weighted by Gasteiger charge is -2.50. The van der Waals surface area contributed by atoms with Crippen LogP contribution in [0.3, 0.4) is 0 Å². The minimum atomic E-state index is -2.20. The number of carbonyl (C=O) groups is 3. The summed E-state index contributed by atoms with van der Waals surface area (Å²) >= 11 is 0. The van der Waals surface area contributed by atoms with Crippen LogP contribution in [-0.2, 0) is 61.8 Å². The van der Waals surface area contributed by atoms with Crippen LogP contribution in [0.1, 0.15) is 246 Å². The Morgan fingerprint density at radius 2 is 0.697 bits per heavy atom. The van der Waals surface area contributed by atoms with Gasteiger partial charge in [0.2, 0.25) is 17.7 Å². The van der Waals surface area contributed by atoms with E-state index in [-0.39, 0.29) is 12.3 Å². The highest BCUT2D eigenvalue weighted by atomic mass is 16.8. The molecule has 5 heterocycles. The van der Waals surface area contributed by atoms with Gasteiger partial charge in [-0.15, -0.1) is 0 Å². The first kappa shape index (κ1) is 96.5. The van der Waals surface area contributed by atoms with Crippen molar-refractivity contribution >= 4 is 17.7 Å². The van der Waals surface area contributed by atoms with Crippen molar-refractivity contribution in [3.8, 4) is 0 Å². The fourth-order valence-electron chi connectivity index (χ4n) is 14.7. The molecule has 5 saturated heterocycles. The Bertz CT molecular complexity index is 2460. The van der Waals surface area contributed by atoms with E-state index in [4.69, 9.17) is 47.4 Å². The monoisotopic (exact) mass is 1570 g/mol. The zero-order chi connectivity index (χ0) is 79.6. The lowest BCUT2D eigenvalue weighted by Crippen LogP contribution is -2.71. The number of hydrogen-bond acceptors (Lipinski definition) is 28. The van der Waals surface area contributed by atoms with Gasteiger partial charge in [0, 0.05) is 20.3 Å². The van der Waals surface area contributed by atoms with Gasteiger partial charge in [-0.25, -0.2) is 0 Å². The minimum absolute atomic E-state index is 0.193. The summed E-state index contributed by atoms with van der Waals surface area (Å²) in [4.78, 5) is 38.6. The summed E-state index contributed by atoms with van der Waals surface area (Å²) in [5, 5.41) is 175. The van der Waals surface area contributed by atoms with Crippen LogP contribution in [0.25, 0.3) is 0 Å². The third-order valence-corrected chi connectivity index (χ3v) is 21.3. The maximum absolute atomic E-state index is 13.5. The Balaban J connectivity index is 1.15. The Labute approximate surface area is 645 Å². The summed E-state index contributed by atoms with van der Waals surface area (Å²) < 4.78 is 59.1. The molecule has 10 unspecified atom stereocenters. The predicted octanol–water partition coefficient (Wildman–Crippen LogP) is 2.65. The second-order valence-electron chi connectivity index (χ2n) is 30.3. The van der Waals surface area contributed by atoms with Crippen molar-refractivity contribution in [2.24, 2.45) is 0 Å². The lowest BCUT2D eigenvalue weighted by atomic mass is 9.93. The SMILES string of the molecule is CCCCCCCC/C=C\CCCCCCCCCCCCCCCC(=O)N[C@@H](CO[C@@H]1OC(CO)[C@@H](O[C@@H]2OC(CO)[C@H](O[C@@H]3OC(CO)[C@H](O)[C@H](O[C@@H]4OC(CO)[C@H](O)[C@H](O[C@H]5OC(CO)[C@H](O)[C@H](O)C5NC(C)=O)C4NC(C)=O)C3O)[C@H](O)C2O)[C@H](O)C1O)[C@H](O)/C=C/CCCCCCCCCCCCC. The van der Waals surface area contributed by atoms with Crippen molar-refractivity contribution in [1.82, 2.24) is 16.0 Å². The molecule has 0 radical (unpaired) electrons. The predicted molar refractivity (Wildman–Crippen MR) is 398 cm³/mol. The number of unbranched alkanes of at least 4 members (excludes halogenated alkanes) is 30. The highest BCUT2D eigenvalue weighted by Gasteiger charge is 2.57. The Morgan fingerprint density at radius 1 is 0.358 bits per heavy atom. The molecule has 31 heteroatoms. The minimum Gasteiger partial charge on any atom is -0.394 e. The lowest BCUT2D eigenvalue weighted by molar-refractivity contribution is -0.388. The molecular formula is C78H141N3O28. The zero-order valence-electron chi connectivity index (χ0n) is 65.2. The van der Waals surface area contributed by atoms with Crippen molar-refractivity contribution in [1.29, 1.82) is 0 Å². The van der Waals surface area contributed by atoms with E-state index in [0.717, 1.165) is 65.2 Å². The van der Waals surface area contributed by atoms with Gasteiger partial charge in [-0.3, -0.25) is 14.4 Å². The molecule has 0 aliphatic carbocycles. The van der Waals surface area contributed by atoms with Gasteiger partial charge in [0.05, 0.1) is 51.8 Å². The van der Waals surface area contributed by atoms with Gasteiger partial charge in [-0.1, -0.05) is 205 Å². The van der Waals surface area contributed by atoms with Crippen LogP contribution >= 0.6 is 0 Å². The Kier molecular flexibility index (Phi) is 48.4. The highest BCUT2D eigenvalue weighted by molar-refractivity contribution is 5.76. The average Bonchev–Trinajstić information content (AvgIpc) is 0.770. The zero-order valence-corrected chi connectivity index (χ0v) is 65.2. The Morgan fingerprint density at radius 3 is 1.15 bits per heavy atom. The van der Waals surface area contributed by atoms with E-state index in [9.17, 15) is 91.0 Å². The van der Waals surface area contributed by atoms with Crippen LogP contribution in [0.5, 0.6) is 0 Å². The van der Waals surface area contributed by atoms with Gasteiger partial charge in [0.15, 0.2) is 31.5 Å². The number of hydrogen-bond donors (Lipinski definition) is 18. The molecular weight excluding hydrogens is 1430 g/mol. The molecule has 0 bridgehead atoms. The number of rotatable bonds is 56. The molecule has 0 aromatic carbocycles. The molecule has 31 nitrogen and oxygen atoms in total. The number of aliphatic hydroxyl groups excluding tert-OH is 15. The first-order valence-corrected chi connectivity index (χ1v) is 41.1. The summed E-state index contributed by atoms with van der Waals surface area (Å²) in [6.07, 6.45) is 3.01. The summed E-state index contributed by atoms with van der Waals surface area (Å²) in [5.41, 5.74) is 0. The summed E-state index contributed by atoms with van der Waals surface area (Å²) in [6, 6.07) is -4.33. The first-order valence-electron chi connectivity index (χ1n) is 41.1. The van der Waals surface area contributed by atoms with Crippen molar-refractivity contribution in [3.63, 3.8) is 0 Å². The normalized spacial score (nSPS) is 33.7. The number of carbonyl (C=O) groups excluding carboxylic acids is 3. The van der Waals surface area contributed by atoms with Crippen molar-refractivity contribution in [2.45, 2.75) is 412 Å². The van der Waals surface area contributed by atoms with Crippen LogP contribution in [-0.4, -0.2) is 300 Å². The fraction of sp³-hybridized carbons (Fsp3) is 0.910. The third-order valence-electron chi connectivity index (χ3n) is 21.3. The smallest absolute Gasteiger partial charge is 0.220 e. The molecule has 109 heavy (non-hydrogen) atoms. The van der Waals surface area contributed by atoms with E-state index in [0.29, 0.717) is 12.8 Å². The number of aliphatic hydroxyl groups is 15. The van der Waals surface area contributed by atoms with Gasteiger partial charge in [-0.2, -0.15) is 0 Å². The van der Waals surface area contributed by atoms with Gasteiger partial charge >= 0.3 is 0 Å². The van der Waals surface area contributed by atoms with Crippen LogP contribution < -0.4 is 16.0 Å². The molecule has 5 rings (SSSR count). The maximum Gasteiger partial charge on any atom is 0.220 e. The van der Waals surface area contributed by atoms with Crippen LogP contribution in [0, 0.1) is 0 Å². The summed E-state index contributed by atoms with van der Waals surface area (Å²) in [6.45, 7) is 1.41. The topological polar surface area (TPSA) is 483 Å². The Hall–Kier alpha value is -3.11. The number of nitrogens with one attached hydrogen (secondary N) is 3. The highest BCUT2D eigenvalue weighted by Crippen LogP contribution is 2.37. The number of allylic oxidation sites excluding steroid dienone is 3. The maximum atomic E-state index is 13.5. The first-order chi connectivity index (χ1) is 52.6. The van der Waals surface area contributed by atoms with Crippen molar-refractivity contribution in [3.05, 3.63) is 24.3 Å². The second kappa shape index (κ2) is 54.7. The van der Waals surface area contributed by atoms with Gasteiger partial charge in [0.1, 0.15) is 122 Å². The number of amides is 3. The molecule has 5 aliphatic heterocycles. The molecule has 5 fully saturated rings. The van der Waals surface area contributed by atoms with E-state index >= 15 is 0 Å². The van der Waals surface area contributed by atoms with Crippen molar-refractivity contribution < 1.29 is 138 Å². The van der Waals surface area contributed by atoms with Gasteiger partial charge < -0.3 is 140 Å². The van der Waals surface area contributed by atoms with Gasteiger partial charge in [0.25, 0.3) is 0 Å². The summed E-state index contributed by atoms with van der Waals surface area (Å²) in [7, 11) is 0.